The van der Waals surface area contributed by atoms with Gasteiger partial charge >= 0.3 is 0 Å². The van der Waals surface area contributed by atoms with Crippen LogP contribution in [0.25, 0.3) is 0 Å². The first-order valence-electron chi connectivity index (χ1n) is 6.41. The van der Waals surface area contributed by atoms with E-state index in [1.54, 1.807) is 0 Å². The van der Waals surface area contributed by atoms with Crippen molar-refractivity contribution < 1.29 is 14.5 Å². The molecule has 0 unspecified atom stereocenters. The van der Waals surface area contributed by atoms with Crippen molar-refractivity contribution in [1.29, 1.82) is 0 Å². The number of ether oxygens (including phenoxy) is 1. The number of nitro benzene ring substituents is 1. The molecule has 0 aliphatic carbocycles. The van der Waals surface area contributed by atoms with E-state index in [9.17, 15) is 14.9 Å². The van der Waals surface area contributed by atoms with Crippen molar-refractivity contribution >= 4 is 24.0 Å². The Morgan fingerprint density at radius 1 is 1.33 bits per heavy atom. The normalized spacial score (nSPS) is 9.62. The standard InChI is InChI=1S/C13H19N3O4.ClH/c1-3-6-14-7-8-15-13(17)11-9-10(20-2)4-5-12(11)16(18)19;/h4-5,9,14H,3,6-8H2,1-2H3,(H,15,17);1H. The molecule has 0 radical (unpaired) electrons. The molecule has 2 N–H and O–H groups in total. The summed E-state index contributed by atoms with van der Waals surface area (Å²) in [5.41, 5.74) is -0.227. The minimum Gasteiger partial charge on any atom is -0.497 e. The molecule has 8 heteroatoms. The van der Waals surface area contributed by atoms with E-state index >= 15 is 0 Å². The zero-order valence-electron chi connectivity index (χ0n) is 12.0. The summed E-state index contributed by atoms with van der Waals surface area (Å²) in [5, 5.41) is 16.7. The van der Waals surface area contributed by atoms with Gasteiger partial charge in [-0.25, -0.2) is 0 Å². The number of methoxy groups -OCH3 is 1. The molecule has 0 heterocycles. The summed E-state index contributed by atoms with van der Waals surface area (Å²) in [6, 6.07) is 4.09. The monoisotopic (exact) mass is 317 g/mol. The van der Waals surface area contributed by atoms with Crippen molar-refractivity contribution in [1.82, 2.24) is 10.6 Å². The molecule has 0 aliphatic rings. The van der Waals surface area contributed by atoms with Gasteiger partial charge in [0.1, 0.15) is 11.3 Å². The molecule has 1 aromatic rings. The minimum absolute atomic E-state index is 0. The number of amides is 1. The van der Waals surface area contributed by atoms with Gasteiger partial charge in [-0.2, -0.15) is 0 Å². The average Bonchev–Trinajstić information content (AvgIpc) is 2.46. The first-order chi connectivity index (χ1) is 9.60. The number of carbonyl (C=O) groups is 1. The van der Waals surface area contributed by atoms with Gasteiger partial charge in [-0.1, -0.05) is 6.92 Å². The second-order valence-electron chi connectivity index (χ2n) is 4.15. The van der Waals surface area contributed by atoms with Crippen LogP contribution >= 0.6 is 12.4 Å². The number of nitro groups is 1. The van der Waals surface area contributed by atoms with Crippen molar-refractivity contribution in [3.8, 4) is 5.75 Å². The van der Waals surface area contributed by atoms with Crippen LogP contribution in [0, 0.1) is 10.1 Å². The van der Waals surface area contributed by atoms with E-state index in [1.807, 2.05) is 6.92 Å². The van der Waals surface area contributed by atoms with Crippen LogP contribution in [0.4, 0.5) is 5.69 Å². The Kier molecular flexibility index (Phi) is 9.07. The van der Waals surface area contributed by atoms with Crippen molar-refractivity contribution in [3.63, 3.8) is 0 Å². The van der Waals surface area contributed by atoms with E-state index in [1.165, 1.54) is 25.3 Å². The van der Waals surface area contributed by atoms with Gasteiger partial charge in [0, 0.05) is 19.2 Å². The van der Waals surface area contributed by atoms with Gasteiger partial charge in [0.15, 0.2) is 0 Å². The fourth-order valence-electron chi connectivity index (χ4n) is 1.64. The van der Waals surface area contributed by atoms with Gasteiger partial charge in [0.05, 0.1) is 12.0 Å². The molecule has 0 spiro atoms. The second kappa shape index (κ2) is 9.95. The summed E-state index contributed by atoms with van der Waals surface area (Å²) >= 11 is 0. The van der Waals surface area contributed by atoms with Crippen molar-refractivity contribution in [3.05, 3.63) is 33.9 Å². The Hall–Kier alpha value is -1.86. The molecule has 1 rings (SSSR count). The number of halogens is 1. The minimum atomic E-state index is -0.580. The van der Waals surface area contributed by atoms with Crippen molar-refractivity contribution in [2.24, 2.45) is 0 Å². The highest BCUT2D eigenvalue weighted by Gasteiger charge is 2.20. The molecular weight excluding hydrogens is 298 g/mol. The fourth-order valence-corrected chi connectivity index (χ4v) is 1.64. The van der Waals surface area contributed by atoms with Crippen LogP contribution in [0.2, 0.25) is 0 Å². The quantitative estimate of drug-likeness (QED) is 0.433. The predicted molar refractivity (Wildman–Crippen MR) is 82.4 cm³/mol. The van der Waals surface area contributed by atoms with Crippen molar-refractivity contribution in [2.45, 2.75) is 13.3 Å². The Labute approximate surface area is 129 Å². The number of rotatable bonds is 8. The molecule has 1 amide bonds. The highest BCUT2D eigenvalue weighted by Crippen LogP contribution is 2.23. The molecule has 0 aliphatic heterocycles. The first kappa shape index (κ1) is 19.1. The zero-order valence-corrected chi connectivity index (χ0v) is 12.9. The van der Waals surface area contributed by atoms with Crippen LogP contribution in [0.5, 0.6) is 5.75 Å². The van der Waals surface area contributed by atoms with Gasteiger partial charge in [-0.05, 0) is 25.1 Å². The lowest BCUT2D eigenvalue weighted by molar-refractivity contribution is -0.385. The summed E-state index contributed by atoms with van der Waals surface area (Å²) in [6.07, 6.45) is 1.01. The van der Waals surface area contributed by atoms with Gasteiger partial charge in [0.25, 0.3) is 11.6 Å². The SMILES string of the molecule is CCCNCCNC(=O)c1cc(OC)ccc1[N+](=O)[O-].Cl. The molecule has 0 fully saturated rings. The van der Waals surface area contributed by atoms with Gasteiger partial charge < -0.3 is 15.4 Å². The van der Waals surface area contributed by atoms with E-state index in [2.05, 4.69) is 10.6 Å². The Balaban J connectivity index is 0.00000400. The maximum Gasteiger partial charge on any atom is 0.282 e. The smallest absolute Gasteiger partial charge is 0.282 e. The Morgan fingerprint density at radius 2 is 2.05 bits per heavy atom. The van der Waals surface area contributed by atoms with Crippen LogP contribution in [0.3, 0.4) is 0 Å². The third kappa shape index (κ3) is 5.97. The maximum atomic E-state index is 12.0. The molecular formula is C13H20ClN3O4. The number of nitrogens with one attached hydrogen (secondary N) is 2. The van der Waals surface area contributed by atoms with Gasteiger partial charge in [-0.3, -0.25) is 14.9 Å². The lowest BCUT2D eigenvalue weighted by Crippen LogP contribution is -2.32. The van der Waals surface area contributed by atoms with Crippen LogP contribution in [-0.2, 0) is 0 Å². The van der Waals surface area contributed by atoms with E-state index < -0.39 is 10.8 Å². The summed E-state index contributed by atoms with van der Waals surface area (Å²) in [6.45, 7) is 3.95. The van der Waals surface area contributed by atoms with Crippen LogP contribution in [0.15, 0.2) is 18.2 Å². The largest absolute Gasteiger partial charge is 0.497 e. The van der Waals surface area contributed by atoms with E-state index in [0.29, 0.717) is 18.8 Å². The fraction of sp³-hybridized carbons (Fsp3) is 0.462. The number of carbonyl (C=O) groups excluding carboxylic acids is 1. The predicted octanol–water partition coefficient (Wildman–Crippen LogP) is 1.75. The first-order valence-corrected chi connectivity index (χ1v) is 6.41. The summed E-state index contributed by atoms with van der Waals surface area (Å²) in [4.78, 5) is 22.3. The molecule has 0 atom stereocenters. The number of hydrogen-bond donors (Lipinski definition) is 2. The Bertz CT molecular complexity index is 482. The number of benzene rings is 1. The summed E-state index contributed by atoms with van der Waals surface area (Å²) in [5.74, 6) is -0.0706. The van der Waals surface area contributed by atoms with Crippen LogP contribution < -0.4 is 15.4 Å². The molecule has 21 heavy (non-hydrogen) atoms. The second-order valence-corrected chi connectivity index (χ2v) is 4.15. The lowest BCUT2D eigenvalue weighted by atomic mass is 10.1. The summed E-state index contributed by atoms with van der Waals surface area (Å²) in [7, 11) is 1.44. The molecule has 1 aromatic carbocycles. The van der Waals surface area contributed by atoms with E-state index in [-0.39, 0.29) is 23.7 Å². The molecule has 0 bridgehead atoms. The third-order valence-corrected chi connectivity index (χ3v) is 2.66. The molecule has 7 nitrogen and oxygen atoms in total. The van der Waals surface area contributed by atoms with E-state index in [0.717, 1.165) is 13.0 Å². The highest BCUT2D eigenvalue weighted by molar-refractivity contribution is 5.98. The Morgan fingerprint density at radius 3 is 2.62 bits per heavy atom. The topological polar surface area (TPSA) is 93.5 Å². The molecule has 0 saturated carbocycles. The van der Waals surface area contributed by atoms with Crippen LogP contribution in [0.1, 0.15) is 23.7 Å². The average molecular weight is 318 g/mol. The molecule has 0 aromatic heterocycles. The summed E-state index contributed by atoms with van der Waals surface area (Å²) < 4.78 is 4.98. The molecule has 118 valence electrons. The van der Waals surface area contributed by atoms with E-state index in [4.69, 9.17) is 4.74 Å². The third-order valence-electron chi connectivity index (χ3n) is 2.66. The van der Waals surface area contributed by atoms with Gasteiger partial charge in [-0.15, -0.1) is 12.4 Å². The number of hydrogen-bond acceptors (Lipinski definition) is 5. The zero-order chi connectivity index (χ0) is 15.0. The number of nitrogens with zero attached hydrogens (tertiary/aromatic N) is 1. The van der Waals surface area contributed by atoms with Crippen molar-refractivity contribution in [2.75, 3.05) is 26.7 Å². The lowest BCUT2D eigenvalue weighted by Gasteiger charge is -2.08. The molecule has 0 saturated heterocycles. The van der Waals surface area contributed by atoms with Crippen LogP contribution in [-0.4, -0.2) is 37.6 Å². The highest BCUT2D eigenvalue weighted by atomic mass is 35.5. The maximum absolute atomic E-state index is 12.0. The van der Waals surface area contributed by atoms with Gasteiger partial charge in [0.2, 0.25) is 0 Å².